The summed E-state index contributed by atoms with van der Waals surface area (Å²) in [6.45, 7) is 5.01. The molecule has 5 nitrogen and oxygen atoms in total. The summed E-state index contributed by atoms with van der Waals surface area (Å²) in [5.41, 5.74) is 2.13. The van der Waals surface area contributed by atoms with Crippen molar-refractivity contribution in [2.24, 2.45) is 0 Å². The highest BCUT2D eigenvalue weighted by molar-refractivity contribution is 5.84. The number of carbonyl (C=O) groups excluding carboxylic acids is 1. The number of rotatable bonds is 7. The maximum absolute atomic E-state index is 12.4. The number of hydrogen-bond acceptors (Lipinski definition) is 4. The van der Waals surface area contributed by atoms with Crippen LogP contribution in [-0.2, 0) is 11.2 Å². The summed E-state index contributed by atoms with van der Waals surface area (Å²) in [6, 6.07) is 15.7. The Morgan fingerprint density at radius 1 is 1.04 bits per heavy atom. The Morgan fingerprint density at radius 2 is 1.77 bits per heavy atom. The van der Waals surface area contributed by atoms with E-state index in [-0.39, 0.29) is 18.0 Å². The van der Waals surface area contributed by atoms with Gasteiger partial charge in [-0.05, 0) is 44.4 Å². The van der Waals surface area contributed by atoms with Gasteiger partial charge < -0.3 is 20.1 Å². The average Bonchev–Trinajstić information content (AvgIpc) is 2.67. The molecule has 0 saturated carbocycles. The van der Waals surface area contributed by atoms with Gasteiger partial charge in [-0.3, -0.25) is 4.79 Å². The third-order valence-electron chi connectivity index (χ3n) is 4.42. The van der Waals surface area contributed by atoms with Gasteiger partial charge in [-0.2, -0.15) is 0 Å². The summed E-state index contributed by atoms with van der Waals surface area (Å²) < 4.78 is 11.1. The molecule has 1 heterocycles. The van der Waals surface area contributed by atoms with E-state index < -0.39 is 0 Å². The largest absolute Gasteiger partial charge is 0.486 e. The predicted molar refractivity (Wildman–Crippen MR) is 103 cm³/mol. The summed E-state index contributed by atoms with van der Waals surface area (Å²) >= 11 is 0. The average molecular weight is 354 g/mol. The van der Waals surface area contributed by atoms with Crippen LogP contribution in [-0.4, -0.2) is 31.2 Å². The van der Waals surface area contributed by atoms with Crippen molar-refractivity contribution in [3.8, 4) is 11.5 Å². The third-order valence-corrected chi connectivity index (χ3v) is 4.42. The maximum Gasteiger partial charge on any atom is 0.242 e. The molecule has 1 aliphatic rings. The zero-order valence-electron chi connectivity index (χ0n) is 15.3. The molecule has 1 amide bonds. The molecule has 2 aromatic carbocycles. The Kier molecular flexibility index (Phi) is 6.00. The second kappa shape index (κ2) is 8.61. The van der Waals surface area contributed by atoms with E-state index in [1.54, 1.807) is 0 Å². The zero-order valence-corrected chi connectivity index (χ0v) is 15.3. The number of anilines is 1. The highest BCUT2D eigenvalue weighted by atomic mass is 16.6. The predicted octanol–water partition coefficient (Wildman–Crippen LogP) is 3.40. The lowest BCUT2D eigenvalue weighted by atomic mass is 10.1. The number of carbonyl (C=O) groups is 1. The van der Waals surface area contributed by atoms with Crippen molar-refractivity contribution in [1.29, 1.82) is 0 Å². The summed E-state index contributed by atoms with van der Waals surface area (Å²) in [5.74, 6) is 1.44. The van der Waals surface area contributed by atoms with Crippen LogP contribution in [0.1, 0.15) is 25.8 Å². The molecular formula is C21H26N2O3. The van der Waals surface area contributed by atoms with E-state index >= 15 is 0 Å². The normalized spacial score (nSPS) is 15.0. The van der Waals surface area contributed by atoms with Gasteiger partial charge in [0.25, 0.3) is 0 Å². The Bertz CT molecular complexity index is 733. The van der Waals surface area contributed by atoms with Crippen molar-refractivity contribution in [2.75, 3.05) is 18.5 Å². The van der Waals surface area contributed by atoms with Gasteiger partial charge >= 0.3 is 0 Å². The van der Waals surface area contributed by atoms with Crippen LogP contribution in [0.15, 0.2) is 48.5 Å². The van der Waals surface area contributed by atoms with Crippen LogP contribution in [0.3, 0.4) is 0 Å². The first-order chi connectivity index (χ1) is 12.6. The van der Waals surface area contributed by atoms with Crippen LogP contribution >= 0.6 is 0 Å². The standard InChI is InChI=1S/C21H26N2O3/c1-15(8-9-17-6-4-3-5-7-17)22-21(24)16(2)23-18-10-11-19-20(14-18)26-13-12-25-19/h3-7,10-11,14-16,23H,8-9,12-13H2,1-2H3,(H,22,24)/t15-,16+/m1/s1. The van der Waals surface area contributed by atoms with Crippen LogP contribution in [0.2, 0.25) is 0 Å². The molecule has 5 heteroatoms. The molecule has 2 atom stereocenters. The molecule has 0 unspecified atom stereocenters. The first-order valence-corrected chi connectivity index (χ1v) is 9.12. The maximum atomic E-state index is 12.4. The van der Waals surface area contributed by atoms with Gasteiger partial charge in [-0.25, -0.2) is 0 Å². The van der Waals surface area contributed by atoms with Gasteiger partial charge in [0.1, 0.15) is 19.3 Å². The lowest BCUT2D eigenvalue weighted by Crippen LogP contribution is -2.42. The molecular weight excluding hydrogens is 328 g/mol. The molecule has 2 N–H and O–H groups in total. The number of ether oxygens (including phenoxy) is 2. The first-order valence-electron chi connectivity index (χ1n) is 9.12. The van der Waals surface area contributed by atoms with Crippen LogP contribution in [0, 0.1) is 0 Å². The number of amides is 1. The molecule has 0 aromatic heterocycles. The summed E-state index contributed by atoms with van der Waals surface area (Å²) in [5, 5.41) is 6.30. The number of nitrogens with one attached hydrogen (secondary N) is 2. The SMILES string of the molecule is C[C@H](CCc1ccccc1)NC(=O)[C@H](C)Nc1ccc2c(c1)OCCO2. The Hall–Kier alpha value is -2.69. The molecule has 0 radical (unpaired) electrons. The Labute approximate surface area is 154 Å². The van der Waals surface area contributed by atoms with Crippen molar-refractivity contribution < 1.29 is 14.3 Å². The van der Waals surface area contributed by atoms with E-state index in [0.29, 0.717) is 19.0 Å². The molecule has 138 valence electrons. The lowest BCUT2D eigenvalue weighted by Gasteiger charge is -2.22. The van der Waals surface area contributed by atoms with Gasteiger partial charge in [0.15, 0.2) is 11.5 Å². The van der Waals surface area contributed by atoms with Gasteiger partial charge in [0.2, 0.25) is 5.91 Å². The summed E-state index contributed by atoms with van der Waals surface area (Å²) in [4.78, 5) is 12.4. The molecule has 0 spiro atoms. The molecule has 0 fully saturated rings. The zero-order chi connectivity index (χ0) is 18.4. The van der Waals surface area contributed by atoms with Crippen molar-refractivity contribution in [3.05, 3.63) is 54.1 Å². The minimum Gasteiger partial charge on any atom is -0.486 e. The van der Waals surface area contributed by atoms with E-state index in [2.05, 4.69) is 22.8 Å². The topological polar surface area (TPSA) is 59.6 Å². The molecule has 0 aliphatic carbocycles. The van der Waals surface area contributed by atoms with E-state index in [1.165, 1.54) is 5.56 Å². The van der Waals surface area contributed by atoms with Gasteiger partial charge in [-0.15, -0.1) is 0 Å². The van der Waals surface area contributed by atoms with Gasteiger partial charge in [0, 0.05) is 17.8 Å². The van der Waals surface area contributed by atoms with Crippen molar-refractivity contribution in [1.82, 2.24) is 5.32 Å². The molecule has 1 aliphatic heterocycles. The second-order valence-corrected chi connectivity index (χ2v) is 6.66. The number of aryl methyl sites for hydroxylation is 1. The molecule has 0 saturated heterocycles. The highest BCUT2D eigenvalue weighted by Gasteiger charge is 2.17. The van der Waals surface area contributed by atoms with Gasteiger partial charge in [-0.1, -0.05) is 30.3 Å². The fraction of sp³-hybridized carbons (Fsp3) is 0.381. The van der Waals surface area contributed by atoms with E-state index in [9.17, 15) is 4.79 Å². The van der Waals surface area contributed by atoms with Crippen LogP contribution in [0.5, 0.6) is 11.5 Å². The van der Waals surface area contributed by atoms with Crippen molar-refractivity contribution in [3.63, 3.8) is 0 Å². The fourth-order valence-electron chi connectivity index (χ4n) is 2.92. The minimum absolute atomic E-state index is 0.0135. The quantitative estimate of drug-likeness (QED) is 0.800. The molecule has 0 bridgehead atoms. The first kappa shape index (κ1) is 18.1. The van der Waals surface area contributed by atoms with Crippen LogP contribution < -0.4 is 20.1 Å². The smallest absolute Gasteiger partial charge is 0.242 e. The summed E-state index contributed by atoms with van der Waals surface area (Å²) in [6.07, 6.45) is 1.86. The number of benzene rings is 2. The van der Waals surface area contributed by atoms with Gasteiger partial charge in [0.05, 0.1) is 0 Å². The summed E-state index contributed by atoms with van der Waals surface area (Å²) in [7, 11) is 0. The van der Waals surface area contributed by atoms with Crippen LogP contribution in [0.4, 0.5) is 5.69 Å². The fourth-order valence-corrected chi connectivity index (χ4v) is 2.92. The lowest BCUT2D eigenvalue weighted by molar-refractivity contribution is -0.122. The van der Waals surface area contributed by atoms with Crippen molar-refractivity contribution >= 4 is 11.6 Å². The molecule has 2 aromatic rings. The van der Waals surface area contributed by atoms with Crippen LogP contribution in [0.25, 0.3) is 0 Å². The number of hydrogen-bond donors (Lipinski definition) is 2. The Balaban J connectivity index is 1.48. The number of fused-ring (bicyclic) bond motifs is 1. The third kappa shape index (κ3) is 4.91. The monoisotopic (exact) mass is 354 g/mol. The minimum atomic E-state index is -0.336. The molecule has 3 rings (SSSR count). The van der Waals surface area contributed by atoms with E-state index in [0.717, 1.165) is 24.3 Å². The molecule has 26 heavy (non-hydrogen) atoms. The Morgan fingerprint density at radius 3 is 2.54 bits per heavy atom. The second-order valence-electron chi connectivity index (χ2n) is 6.66. The van der Waals surface area contributed by atoms with E-state index in [4.69, 9.17) is 9.47 Å². The van der Waals surface area contributed by atoms with E-state index in [1.807, 2.05) is 50.2 Å². The highest BCUT2D eigenvalue weighted by Crippen LogP contribution is 2.32. The van der Waals surface area contributed by atoms with Crippen molar-refractivity contribution in [2.45, 2.75) is 38.8 Å².